The molecule has 0 aromatic carbocycles. The highest BCUT2D eigenvalue weighted by atomic mass is 32.2. The van der Waals surface area contributed by atoms with Crippen molar-refractivity contribution in [1.29, 1.82) is 0 Å². The quantitative estimate of drug-likeness (QED) is 0.567. The fourth-order valence-electron chi connectivity index (χ4n) is 3.67. The molecular weight excluding hydrogens is 294 g/mol. The fraction of sp³-hybridized carbons (Fsp3) is 0.875. The van der Waals surface area contributed by atoms with Gasteiger partial charge in [-0.05, 0) is 25.8 Å². The maximum absolute atomic E-state index is 3.59. The Kier molecular flexibility index (Phi) is 6.59. The summed E-state index contributed by atoms with van der Waals surface area (Å²) in [5.74, 6) is 1.93. The minimum atomic E-state index is 0.352. The van der Waals surface area contributed by atoms with Crippen LogP contribution < -0.4 is 21.5 Å². The molecule has 1 saturated carbocycles. The number of nitrogens with one attached hydrogen (secondary N) is 4. The second-order valence-electron chi connectivity index (χ2n) is 6.68. The molecule has 6 heteroatoms. The van der Waals surface area contributed by atoms with Gasteiger partial charge in [-0.3, -0.25) is 4.90 Å². The van der Waals surface area contributed by atoms with Gasteiger partial charge in [0, 0.05) is 31.4 Å². The number of hydrogen-bond donors (Lipinski definition) is 4. The van der Waals surface area contributed by atoms with Crippen LogP contribution in [0.25, 0.3) is 0 Å². The van der Waals surface area contributed by atoms with Gasteiger partial charge in [0.2, 0.25) is 0 Å². The van der Waals surface area contributed by atoms with E-state index in [9.17, 15) is 0 Å². The first kappa shape index (κ1) is 16.7. The van der Waals surface area contributed by atoms with E-state index < -0.39 is 0 Å². The molecule has 3 atom stereocenters. The lowest BCUT2D eigenvalue weighted by Crippen LogP contribution is -2.60. The minimum Gasteiger partial charge on any atom is -0.314 e. The molecule has 2 heterocycles. The summed E-state index contributed by atoms with van der Waals surface area (Å²) in [6.45, 7) is 3.16. The molecule has 3 unspecified atom stereocenters. The van der Waals surface area contributed by atoms with Gasteiger partial charge in [0.15, 0.2) is 0 Å². The van der Waals surface area contributed by atoms with E-state index in [1.54, 1.807) is 0 Å². The Labute approximate surface area is 139 Å². The van der Waals surface area contributed by atoms with Crippen LogP contribution in [-0.4, -0.2) is 55.0 Å². The van der Waals surface area contributed by atoms with Gasteiger partial charge in [0.1, 0.15) is 5.50 Å². The van der Waals surface area contributed by atoms with E-state index >= 15 is 0 Å². The zero-order chi connectivity index (χ0) is 15.2. The molecule has 0 aromatic rings. The fourth-order valence-corrected chi connectivity index (χ4v) is 4.59. The van der Waals surface area contributed by atoms with Crippen LogP contribution in [0.15, 0.2) is 12.2 Å². The Morgan fingerprint density at radius 1 is 1.14 bits per heavy atom. The van der Waals surface area contributed by atoms with Crippen molar-refractivity contribution in [2.45, 2.75) is 49.8 Å². The Bertz CT molecular complexity index is 352. The highest BCUT2D eigenvalue weighted by Gasteiger charge is 2.35. The number of nitrogens with zero attached hydrogens (tertiary/aromatic N) is 1. The summed E-state index contributed by atoms with van der Waals surface area (Å²) in [5.41, 5.74) is 7.23. The molecule has 22 heavy (non-hydrogen) atoms. The van der Waals surface area contributed by atoms with Gasteiger partial charge in [0.05, 0.1) is 6.17 Å². The standard InChI is InChI=1S/C16H31N5S/c1-21-15(14-12-17-9-10-18-14)19-20-16(21)22-11-5-8-13-6-3-2-4-7-13/h5,8,13-20H,2-4,6-7,9-12H2,1H3/b8-5+. The summed E-state index contributed by atoms with van der Waals surface area (Å²) in [6.07, 6.45) is 12.3. The molecule has 3 aliphatic rings. The number of thioether (sulfide) groups is 1. The van der Waals surface area contributed by atoms with Crippen LogP contribution in [0.2, 0.25) is 0 Å². The Morgan fingerprint density at radius 2 is 2.00 bits per heavy atom. The number of hydrogen-bond acceptors (Lipinski definition) is 6. The third-order valence-electron chi connectivity index (χ3n) is 5.03. The van der Waals surface area contributed by atoms with Gasteiger partial charge in [-0.15, -0.1) is 11.8 Å². The average Bonchev–Trinajstić information content (AvgIpc) is 2.94. The second kappa shape index (κ2) is 8.66. The first-order valence-corrected chi connectivity index (χ1v) is 9.85. The molecule has 3 fully saturated rings. The smallest absolute Gasteiger partial charge is 0.122 e. The third kappa shape index (κ3) is 4.46. The average molecular weight is 326 g/mol. The van der Waals surface area contributed by atoms with E-state index in [1.165, 1.54) is 32.1 Å². The van der Waals surface area contributed by atoms with Gasteiger partial charge in [0.25, 0.3) is 0 Å². The summed E-state index contributed by atoms with van der Waals surface area (Å²) in [5, 5.41) is 7.05. The van der Waals surface area contributed by atoms with Gasteiger partial charge in [-0.2, -0.15) is 0 Å². The van der Waals surface area contributed by atoms with E-state index in [4.69, 9.17) is 0 Å². The molecule has 0 radical (unpaired) electrons. The predicted octanol–water partition coefficient (Wildman–Crippen LogP) is 1.07. The molecule has 2 saturated heterocycles. The molecule has 1 aliphatic carbocycles. The number of piperazine rings is 1. The van der Waals surface area contributed by atoms with E-state index in [1.807, 2.05) is 11.8 Å². The van der Waals surface area contributed by atoms with Crippen molar-refractivity contribution in [3.63, 3.8) is 0 Å². The Hall–Kier alpha value is -0.110. The molecular formula is C16H31N5S. The molecule has 0 bridgehead atoms. The van der Waals surface area contributed by atoms with Crippen LogP contribution in [0.3, 0.4) is 0 Å². The zero-order valence-electron chi connectivity index (χ0n) is 13.7. The van der Waals surface area contributed by atoms with Crippen LogP contribution in [0, 0.1) is 5.92 Å². The number of rotatable bonds is 5. The van der Waals surface area contributed by atoms with Crippen molar-refractivity contribution < 1.29 is 0 Å². The molecule has 0 aromatic heterocycles. The largest absolute Gasteiger partial charge is 0.314 e. The maximum atomic E-state index is 3.59. The first-order chi connectivity index (χ1) is 10.8. The van der Waals surface area contributed by atoms with Gasteiger partial charge in [-0.25, -0.2) is 10.9 Å². The molecule has 5 nitrogen and oxygen atoms in total. The summed E-state index contributed by atoms with van der Waals surface area (Å²) < 4.78 is 0. The second-order valence-corrected chi connectivity index (χ2v) is 7.79. The Balaban J connectivity index is 1.38. The molecule has 3 rings (SSSR count). The van der Waals surface area contributed by atoms with Crippen LogP contribution in [0.1, 0.15) is 32.1 Å². The number of allylic oxidation sites excluding steroid dienone is 1. The third-order valence-corrected chi connectivity index (χ3v) is 6.18. The molecule has 4 N–H and O–H groups in total. The van der Waals surface area contributed by atoms with Crippen LogP contribution >= 0.6 is 11.8 Å². The lowest BCUT2D eigenvalue weighted by atomic mass is 9.89. The molecule has 126 valence electrons. The summed E-state index contributed by atoms with van der Waals surface area (Å²) >= 11 is 1.97. The molecule has 0 spiro atoms. The molecule has 2 aliphatic heterocycles. The van der Waals surface area contributed by atoms with Gasteiger partial charge >= 0.3 is 0 Å². The van der Waals surface area contributed by atoms with Crippen molar-refractivity contribution in [3.05, 3.63) is 12.2 Å². The van der Waals surface area contributed by atoms with Crippen molar-refractivity contribution in [2.75, 3.05) is 32.4 Å². The van der Waals surface area contributed by atoms with E-state index in [0.29, 0.717) is 17.7 Å². The first-order valence-electron chi connectivity index (χ1n) is 8.80. The van der Waals surface area contributed by atoms with E-state index in [-0.39, 0.29) is 0 Å². The van der Waals surface area contributed by atoms with Crippen LogP contribution in [-0.2, 0) is 0 Å². The van der Waals surface area contributed by atoms with Gasteiger partial charge < -0.3 is 10.6 Å². The number of hydrazine groups is 1. The topological polar surface area (TPSA) is 51.4 Å². The van der Waals surface area contributed by atoms with Crippen molar-refractivity contribution in [3.8, 4) is 0 Å². The summed E-state index contributed by atoms with van der Waals surface area (Å²) in [6, 6.07) is 0.467. The predicted molar refractivity (Wildman–Crippen MR) is 94.4 cm³/mol. The van der Waals surface area contributed by atoms with E-state index in [0.717, 1.165) is 31.3 Å². The minimum absolute atomic E-state index is 0.352. The highest BCUT2D eigenvalue weighted by molar-refractivity contribution is 7.99. The van der Waals surface area contributed by atoms with Gasteiger partial charge in [-0.1, -0.05) is 31.4 Å². The van der Waals surface area contributed by atoms with Crippen molar-refractivity contribution >= 4 is 11.8 Å². The molecule has 0 amide bonds. The van der Waals surface area contributed by atoms with Crippen LogP contribution in [0.5, 0.6) is 0 Å². The maximum Gasteiger partial charge on any atom is 0.122 e. The normalized spacial score (nSPS) is 35.4. The summed E-state index contributed by atoms with van der Waals surface area (Å²) in [4.78, 5) is 2.41. The lowest BCUT2D eigenvalue weighted by molar-refractivity contribution is 0.203. The number of likely N-dealkylation sites (N-methyl/N-ethyl adjacent to an activating group) is 1. The zero-order valence-corrected chi connectivity index (χ0v) is 14.5. The lowest BCUT2D eigenvalue weighted by Gasteiger charge is -2.33. The monoisotopic (exact) mass is 325 g/mol. The SMILES string of the molecule is CN1C(SC/C=C/C2CCCCC2)NNC1C1CNCCN1. The van der Waals surface area contributed by atoms with Crippen molar-refractivity contribution in [1.82, 2.24) is 26.4 Å². The Morgan fingerprint density at radius 3 is 2.77 bits per heavy atom. The van der Waals surface area contributed by atoms with Crippen LogP contribution in [0.4, 0.5) is 0 Å². The highest BCUT2D eigenvalue weighted by Crippen LogP contribution is 2.25. The summed E-state index contributed by atoms with van der Waals surface area (Å²) in [7, 11) is 2.20. The van der Waals surface area contributed by atoms with Crippen molar-refractivity contribution in [2.24, 2.45) is 5.92 Å². The van der Waals surface area contributed by atoms with E-state index in [2.05, 4.69) is 45.6 Å².